The van der Waals surface area contributed by atoms with Crippen molar-refractivity contribution >= 4 is 11.6 Å². The molecule has 3 heteroatoms. The van der Waals surface area contributed by atoms with Gasteiger partial charge in [-0.2, -0.15) is 0 Å². The molecule has 0 aliphatic carbocycles. The lowest BCUT2D eigenvalue weighted by atomic mass is 10.3. The molecule has 0 spiro atoms. The monoisotopic (exact) mass is 167 g/mol. The van der Waals surface area contributed by atoms with E-state index in [1.807, 2.05) is 0 Å². The Morgan fingerprint density at radius 2 is 2.36 bits per heavy atom. The molecule has 1 rings (SSSR count). The summed E-state index contributed by atoms with van der Waals surface area (Å²) in [5, 5.41) is 0.435. The largest absolute Gasteiger partial charge is 0.494 e. The Kier molecular flexibility index (Phi) is 2.35. The van der Waals surface area contributed by atoms with Gasteiger partial charge in [0.05, 0.1) is 18.9 Å². The highest BCUT2D eigenvalue weighted by atomic mass is 35.5. The zero-order chi connectivity index (χ0) is 8.27. The fourth-order valence-corrected chi connectivity index (χ4v) is 0.898. The van der Waals surface area contributed by atoms with E-state index in [-0.39, 0.29) is 0 Å². The number of rotatable bonds is 1. The molecule has 11 heavy (non-hydrogen) atoms. The van der Waals surface area contributed by atoms with Crippen molar-refractivity contribution in [3.8, 4) is 18.1 Å². The number of hydrogen-bond donors (Lipinski definition) is 0. The van der Waals surface area contributed by atoms with E-state index in [0.717, 1.165) is 0 Å². The Balaban J connectivity index is 3.23. The Labute approximate surface area is 70.2 Å². The second kappa shape index (κ2) is 3.27. The lowest BCUT2D eigenvalue weighted by Gasteiger charge is -2.01. The third-order valence-electron chi connectivity index (χ3n) is 1.22. The average molecular weight is 168 g/mol. The molecular weight excluding hydrogens is 162 g/mol. The minimum absolute atomic E-state index is 0.435. The van der Waals surface area contributed by atoms with Gasteiger partial charge in [-0.25, -0.2) is 0 Å². The summed E-state index contributed by atoms with van der Waals surface area (Å²) in [6, 6.07) is 0. The first-order valence-electron chi connectivity index (χ1n) is 2.93. The molecule has 1 aromatic rings. The first-order chi connectivity index (χ1) is 5.29. The number of halogens is 1. The lowest BCUT2D eigenvalue weighted by Crippen LogP contribution is -1.88. The molecule has 1 heterocycles. The Hall–Kier alpha value is -1.20. The van der Waals surface area contributed by atoms with Crippen molar-refractivity contribution < 1.29 is 4.74 Å². The highest BCUT2D eigenvalue weighted by Crippen LogP contribution is 2.25. The molecule has 0 saturated carbocycles. The topological polar surface area (TPSA) is 22.1 Å². The predicted octanol–water partition coefficient (Wildman–Crippen LogP) is 1.72. The molecule has 0 N–H and O–H groups in total. The Morgan fingerprint density at radius 3 is 2.91 bits per heavy atom. The summed E-state index contributed by atoms with van der Waals surface area (Å²) < 4.78 is 4.90. The van der Waals surface area contributed by atoms with Crippen LogP contribution in [0.15, 0.2) is 12.4 Å². The first kappa shape index (κ1) is 7.90. The van der Waals surface area contributed by atoms with E-state index in [2.05, 4.69) is 10.9 Å². The molecule has 0 aliphatic heterocycles. The molecule has 0 radical (unpaired) electrons. The fourth-order valence-electron chi connectivity index (χ4n) is 0.669. The number of nitrogens with zero attached hydrogens (tertiary/aromatic N) is 1. The van der Waals surface area contributed by atoms with Gasteiger partial charge in [0, 0.05) is 6.20 Å². The third-order valence-corrected chi connectivity index (χ3v) is 1.61. The van der Waals surface area contributed by atoms with Gasteiger partial charge in [-0.3, -0.25) is 4.98 Å². The van der Waals surface area contributed by atoms with E-state index in [9.17, 15) is 0 Å². The van der Waals surface area contributed by atoms with Gasteiger partial charge in [0.2, 0.25) is 0 Å². The molecule has 0 atom stereocenters. The van der Waals surface area contributed by atoms with Gasteiger partial charge in [-0.05, 0) is 0 Å². The maximum absolute atomic E-state index is 5.80. The minimum atomic E-state index is 0.435. The van der Waals surface area contributed by atoms with Crippen molar-refractivity contribution in [2.24, 2.45) is 0 Å². The molecule has 0 aliphatic rings. The van der Waals surface area contributed by atoms with Crippen molar-refractivity contribution in [3.63, 3.8) is 0 Å². The number of ether oxygens (including phenoxy) is 1. The zero-order valence-corrected chi connectivity index (χ0v) is 6.72. The van der Waals surface area contributed by atoms with E-state index >= 15 is 0 Å². The van der Waals surface area contributed by atoms with Crippen LogP contribution < -0.4 is 4.74 Å². The fraction of sp³-hybridized carbons (Fsp3) is 0.125. The van der Waals surface area contributed by atoms with Crippen LogP contribution in [0.5, 0.6) is 5.75 Å². The number of terminal acetylenes is 1. The van der Waals surface area contributed by atoms with E-state index < -0.39 is 0 Å². The molecule has 0 saturated heterocycles. The van der Waals surface area contributed by atoms with Crippen LogP contribution in [0.1, 0.15) is 5.56 Å². The van der Waals surface area contributed by atoms with Crippen molar-refractivity contribution in [2.45, 2.75) is 0 Å². The van der Waals surface area contributed by atoms with Crippen LogP contribution in [0.4, 0.5) is 0 Å². The van der Waals surface area contributed by atoms with E-state index in [4.69, 9.17) is 22.8 Å². The summed E-state index contributed by atoms with van der Waals surface area (Å²) >= 11 is 5.80. The SMILES string of the molecule is C#Cc1cncc(OC)c1Cl. The summed E-state index contributed by atoms with van der Waals surface area (Å²) in [5.74, 6) is 2.90. The number of hydrogen-bond acceptors (Lipinski definition) is 2. The van der Waals surface area contributed by atoms with E-state index in [1.54, 1.807) is 0 Å². The summed E-state index contributed by atoms with van der Waals surface area (Å²) in [4.78, 5) is 3.84. The van der Waals surface area contributed by atoms with Crippen molar-refractivity contribution in [1.29, 1.82) is 0 Å². The smallest absolute Gasteiger partial charge is 0.156 e. The van der Waals surface area contributed by atoms with Crippen molar-refractivity contribution in [3.05, 3.63) is 23.0 Å². The van der Waals surface area contributed by atoms with Crippen molar-refractivity contribution in [1.82, 2.24) is 4.98 Å². The maximum Gasteiger partial charge on any atom is 0.156 e. The van der Waals surface area contributed by atoms with Crippen LogP contribution in [0.25, 0.3) is 0 Å². The summed E-state index contributed by atoms with van der Waals surface area (Å²) in [6.45, 7) is 0. The van der Waals surface area contributed by atoms with E-state index in [1.165, 1.54) is 19.5 Å². The molecular formula is C8H6ClNO. The van der Waals surface area contributed by atoms with Gasteiger partial charge in [0.1, 0.15) is 5.02 Å². The van der Waals surface area contributed by atoms with Crippen LogP contribution in [0.3, 0.4) is 0 Å². The molecule has 0 fully saturated rings. The summed E-state index contributed by atoms with van der Waals surface area (Å²) in [6.07, 6.45) is 8.18. The van der Waals surface area contributed by atoms with Crippen LogP contribution in [-0.4, -0.2) is 12.1 Å². The van der Waals surface area contributed by atoms with Gasteiger partial charge in [-0.1, -0.05) is 17.5 Å². The molecule has 2 nitrogen and oxygen atoms in total. The van der Waals surface area contributed by atoms with Gasteiger partial charge in [-0.15, -0.1) is 6.42 Å². The molecule has 56 valence electrons. The molecule has 0 amide bonds. The predicted molar refractivity (Wildman–Crippen MR) is 43.7 cm³/mol. The van der Waals surface area contributed by atoms with Gasteiger partial charge in [0.15, 0.2) is 5.75 Å². The van der Waals surface area contributed by atoms with E-state index in [0.29, 0.717) is 16.3 Å². The Bertz CT molecular complexity index is 303. The van der Waals surface area contributed by atoms with Crippen LogP contribution in [0, 0.1) is 12.3 Å². The average Bonchev–Trinajstić information content (AvgIpc) is 2.05. The highest BCUT2D eigenvalue weighted by molar-refractivity contribution is 6.33. The van der Waals surface area contributed by atoms with Crippen LogP contribution in [0.2, 0.25) is 5.02 Å². The summed E-state index contributed by atoms with van der Waals surface area (Å²) in [7, 11) is 1.52. The molecule has 0 aromatic carbocycles. The van der Waals surface area contributed by atoms with Crippen LogP contribution >= 0.6 is 11.6 Å². The second-order valence-electron chi connectivity index (χ2n) is 1.85. The van der Waals surface area contributed by atoms with Gasteiger partial charge >= 0.3 is 0 Å². The van der Waals surface area contributed by atoms with Crippen LogP contribution in [-0.2, 0) is 0 Å². The number of aromatic nitrogens is 1. The molecule has 0 unspecified atom stereocenters. The van der Waals surface area contributed by atoms with Gasteiger partial charge in [0.25, 0.3) is 0 Å². The standard InChI is InChI=1S/C8H6ClNO/c1-3-6-4-10-5-7(11-2)8(6)9/h1,4-5H,2H3. The number of methoxy groups -OCH3 is 1. The molecule has 1 aromatic heterocycles. The minimum Gasteiger partial charge on any atom is -0.494 e. The third kappa shape index (κ3) is 1.44. The summed E-state index contributed by atoms with van der Waals surface area (Å²) in [5.41, 5.74) is 0.547. The second-order valence-corrected chi connectivity index (χ2v) is 2.23. The van der Waals surface area contributed by atoms with Crippen molar-refractivity contribution in [2.75, 3.05) is 7.11 Å². The van der Waals surface area contributed by atoms with Gasteiger partial charge < -0.3 is 4.74 Å². The first-order valence-corrected chi connectivity index (χ1v) is 3.31. The zero-order valence-electron chi connectivity index (χ0n) is 5.97. The maximum atomic E-state index is 5.80. The normalized spacial score (nSPS) is 8.82. The Morgan fingerprint density at radius 1 is 1.64 bits per heavy atom. The quantitative estimate of drug-likeness (QED) is 0.595. The molecule has 0 bridgehead atoms. The highest BCUT2D eigenvalue weighted by Gasteiger charge is 2.03. The number of pyridine rings is 1. The lowest BCUT2D eigenvalue weighted by molar-refractivity contribution is 0.413.